The number of hydrogen-bond acceptors (Lipinski definition) is 2. The van der Waals surface area contributed by atoms with Crippen LogP contribution in [0.2, 0.25) is 0 Å². The summed E-state index contributed by atoms with van der Waals surface area (Å²) in [7, 11) is 1.74. The first-order chi connectivity index (χ1) is 14.5. The number of piperidine rings is 1. The van der Waals surface area contributed by atoms with Crippen LogP contribution in [-0.4, -0.2) is 43.1 Å². The number of nitrogens with zero attached hydrogens (tertiary/aromatic N) is 2. The number of benzene rings is 2. The number of aliphatic imine (C=N–C) groups is 1. The summed E-state index contributed by atoms with van der Waals surface area (Å²) in [6.45, 7) is 2.35. The largest absolute Gasteiger partial charge is 0.354 e. The smallest absolute Gasteiger partial charge is 0.191 e. The molecule has 1 aliphatic heterocycles. The molecule has 1 saturated heterocycles. The zero-order valence-corrected chi connectivity index (χ0v) is 19.8. The lowest BCUT2D eigenvalue weighted by Gasteiger charge is -2.33. The molecule has 2 atom stereocenters. The second-order valence-corrected chi connectivity index (χ2v) is 8.13. The summed E-state index contributed by atoms with van der Waals surface area (Å²) >= 11 is 0. The van der Waals surface area contributed by atoms with Gasteiger partial charge in [0.25, 0.3) is 0 Å². The highest BCUT2D eigenvalue weighted by Gasteiger charge is 2.40. The minimum absolute atomic E-state index is 0. The zero-order valence-electron chi connectivity index (χ0n) is 17.5. The SMILES string of the molecule is CN=C(NC1CCN(Cc2ccc(F)c(F)c2)CC1)NC1CC1c1ccccc1F.I. The van der Waals surface area contributed by atoms with Crippen LogP contribution in [0.25, 0.3) is 0 Å². The van der Waals surface area contributed by atoms with Crippen molar-refractivity contribution in [2.24, 2.45) is 4.99 Å². The Labute approximate surface area is 198 Å². The molecule has 0 amide bonds. The van der Waals surface area contributed by atoms with Gasteiger partial charge in [0.05, 0.1) is 0 Å². The highest BCUT2D eigenvalue weighted by Crippen LogP contribution is 2.41. The molecule has 168 valence electrons. The maximum absolute atomic E-state index is 14.0. The molecular weight excluding hydrogens is 516 g/mol. The molecule has 0 radical (unpaired) electrons. The standard InChI is InChI=1S/C23H27F3N4.HI/c1-27-23(29-22-13-18(22)17-4-2-3-5-19(17)24)28-16-8-10-30(11-9-16)14-15-6-7-20(25)21(26)12-15;/h2-7,12,16,18,22H,8-11,13-14H2,1H3,(H2,27,28,29);1H. The van der Waals surface area contributed by atoms with Crippen molar-refractivity contribution in [3.63, 3.8) is 0 Å². The maximum atomic E-state index is 14.0. The second-order valence-electron chi connectivity index (χ2n) is 8.13. The topological polar surface area (TPSA) is 39.7 Å². The molecule has 2 fully saturated rings. The first kappa shape index (κ1) is 23.8. The van der Waals surface area contributed by atoms with Crippen molar-refractivity contribution >= 4 is 29.9 Å². The van der Waals surface area contributed by atoms with Crippen LogP contribution in [0, 0.1) is 17.5 Å². The van der Waals surface area contributed by atoms with Gasteiger partial charge >= 0.3 is 0 Å². The molecule has 2 unspecified atom stereocenters. The monoisotopic (exact) mass is 544 g/mol. The molecule has 8 heteroatoms. The summed E-state index contributed by atoms with van der Waals surface area (Å²) in [6.07, 6.45) is 2.77. The van der Waals surface area contributed by atoms with Gasteiger partial charge in [-0.25, -0.2) is 13.2 Å². The first-order valence-electron chi connectivity index (χ1n) is 10.4. The zero-order chi connectivity index (χ0) is 21.1. The van der Waals surface area contributed by atoms with Gasteiger partial charge in [0.1, 0.15) is 5.82 Å². The molecular formula is C23H28F3IN4. The van der Waals surface area contributed by atoms with E-state index < -0.39 is 11.6 Å². The van der Waals surface area contributed by atoms with E-state index in [2.05, 4.69) is 20.5 Å². The summed E-state index contributed by atoms with van der Waals surface area (Å²) < 4.78 is 40.4. The van der Waals surface area contributed by atoms with E-state index in [0.29, 0.717) is 12.6 Å². The second kappa shape index (κ2) is 10.7. The van der Waals surface area contributed by atoms with E-state index in [4.69, 9.17) is 0 Å². The van der Waals surface area contributed by atoms with Gasteiger partial charge in [0.2, 0.25) is 0 Å². The predicted octanol–water partition coefficient (Wildman–Crippen LogP) is 4.41. The molecule has 4 rings (SSSR count). The minimum atomic E-state index is -0.812. The Balaban J connectivity index is 0.00000272. The van der Waals surface area contributed by atoms with Gasteiger partial charge in [0, 0.05) is 44.7 Å². The van der Waals surface area contributed by atoms with Crippen LogP contribution in [0.15, 0.2) is 47.5 Å². The summed E-state index contributed by atoms with van der Waals surface area (Å²) in [4.78, 5) is 6.57. The summed E-state index contributed by atoms with van der Waals surface area (Å²) in [5.74, 6) is -0.829. The van der Waals surface area contributed by atoms with Crippen molar-refractivity contribution in [3.05, 3.63) is 71.0 Å². The van der Waals surface area contributed by atoms with Crippen LogP contribution in [0.4, 0.5) is 13.2 Å². The molecule has 4 nitrogen and oxygen atoms in total. The lowest BCUT2D eigenvalue weighted by molar-refractivity contribution is 0.198. The summed E-state index contributed by atoms with van der Waals surface area (Å²) in [5, 5.41) is 6.88. The fourth-order valence-corrected chi connectivity index (χ4v) is 4.15. The van der Waals surface area contributed by atoms with E-state index in [1.54, 1.807) is 19.2 Å². The van der Waals surface area contributed by atoms with Crippen LogP contribution in [0.5, 0.6) is 0 Å². The van der Waals surface area contributed by atoms with E-state index in [1.165, 1.54) is 18.2 Å². The number of guanidine groups is 1. The molecule has 2 aromatic rings. The number of halogens is 4. The molecule has 1 saturated carbocycles. The summed E-state index contributed by atoms with van der Waals surface area (Å²) in [5.41, 5.74) is 1.54. The lowest BCUT2D eigenvalue weighted by Crippen LogP contribution is -2.49. The van der Waals surface area contributed by atoms with Gasteiger partial charge in [-0.3, -0.25) is 9.89 Å². The molecule has 1 heterocycles. The molecule has 0 bridgehead atoms. The Kier molecular flexibility index (Phi) is 8.21. The lowest BCUT2D eigenvalue weighted by atomic mass is 10.0. The Hall–Kier alpha value is -1.81. The molecule has 2 aromatic carbocycles. The van der Waals surface area contributed by atoms with Crippen LogP contribution in [0.1, 0.15) is 36.3 Å². The van der Waals surface area contributed by atoms with E-state index in [1.807, 2.05) is 12.1 Å². The average molecular weight is 544 g/mol. The van der Waals surface area contributed by atoms with Crippen molar-refractivity contribution < 1.29 is 13.2 Å². The number of hydrogen-bond donors (Lipinski definition) is 2. The minimum Gasteiger partial charge on any atom is -0.354 e. The van der Waals surface area contributed by atoms with Gasteiger partial charge in [-0.2, -0.15) is 0 Å². The Morgan fingerprint density at radius 2 is 1.74 bits per heavy atom. The van der Waals surface area contributed by atoms with E-state index in [9.17, 15) is 13.2 Å². The predicted molar refractivity (Wildman–Crippen MR) is 127 cm³/mol. The van der Waals surface area contributed by atoms with Crippen LogP contribution < -0.4 is 10.6 Å². The van der Waals surface area contributed by atoms with Crippen molar-refractivity contribution in [1.82, 2.24) is 15.5 Å². The first-order valence-corrected chi connectivity index (χ1v) is 10.4. The van der Waals surface area contributed by atoms with Gasteiger partial charge in [0.15, 0.2) is 17.6 Å². The fourth-order valence-electron chi connectivity index (χ4n) is 4.15. The van der Waals surface area contributed by atoms with Crippen LogP contribution >= 0.6 is 24.0 Å². The molecule has 0 spiro atoms. The normalized spacial score (nSPS) is 22.0. The quantitative estimate of drug-likeness (QED) is 0.333. The third-order valence-corrected chi connectivity index (χ3v) is 5.96. The number of rotatable bonds is 5. The highest BCUT2D eigenvalue weighted by molar-refractivity contribution is 14.0. The van der Waals surface area contributed by atoms with Gasteiger partial charge in [-0.1, -0.05) is 24.3 Å². The van der Waals surface area contributed by atoms with E-state index >= 15 is 0 Å². The van der Waals surface area contributed by atoms with E-state index in [0.717, 1.165) is 49.4 Å². The molecule has 31 heavy (non-hydrogen) atoms. The van der Waals surface area contributed by atoms with Crippen LogP contribution in [-0.2, 0) is 6.54 Å². The number of likely N-dealkylation sites (tertiary alicyclic amines) is 1. The van der Waals surface area contributed by atoms with Crippen LogP contribution in [0.3, 0.4) is 0 Å². The third-order valence-electron chi connectivity index (χ3n) is 5.96. The van der Waals surface area contributed by atoms with E-state index in [-0.39, 0.29) is 41.8 Å². The van der Waals surface area contributed by atoms with Crippen molar-refractivity contribution in [3.8, 4) is 0 Å². The van der Waals surface area contributed by atoms with Crippen molar-refractivity contribution in [2.45, 2.75) is 43.8 Å². The average Bonchev–Trinajstić information content (AvgIpc) is 3.51. The summed E-state index contributed by atoms with van der Waals surface area (Å²) in [6, 6.07) is 11.5. The Morgan fingerprint density at radius 3 is 2.42 bits per heavy atom. The fraction of sp³-hybridized carbons (Fsp3) is 0.435. The third kappa shape index (κ3) is 6.12. The van der Waals surface area contributed by atoms with Crippen molar-refractivity contribution in [2.75, 3.05) is 20.1 Å². The molecule has 0 aromatic heterocycles. The molecule has 1 aliphatic carbocycles. The van der Waals surface area contributed by atoms with Gasteiger partial charge in [-0.15, -0.1) is 24.0 Å². The Bertz CT molecular complexity index is 915. The maximum Gasteiger partial charge on any atom is 0.191 e. The molecule has 2 N–H and O–H groups in total. The number of nitrogens with one attached hydrogen (secondary N) is 2. The van der Waals surface area contributed by atoms with Crippen molar-refractivity contribution in [1.29, 1.82) is 0 Å². The molecule has 2 aliphatic rings. The Morgan fingerprint density at radius 1 is 1.00 bits per heavy atom. The highest BCUT2D eigenvalue weighted by atomic mass is 127. The van der Waals surface area contributed by atoms with Gasteiger partial charge < -0.3 is 10.6 Å². The van der Waals surface area contributed by atoms with Gasteiger partial charge in [-0.05, 0) is 48.6 Å².